The fraction of sp³-hybridized carbons (Fsp3) is 0.680. The lowest BCUT2D eigenvalue weighted by Gasteiger charge is -2.35. The number of nitrogens with zero attached hydrogens (tertiary/aromatic N) is 1. The molecule has 0 saturated carbocycles. The molecule has 5 heteroatoms. The standard InChI is InChI=1S/C25H38FN3O/c1-29(2)16-17-30-24-13-10-18-6-3-4-7-19(18)21(24)12-11-20-22(8-5-9-23(20)26)25-27-14-15-28-25/h6-7,10,13,21-22,24-25,27-28H,3-5,8-9,11-12,14-17H2,1-2H3. The Morgan fingerprint density at radius 1 is 1.17 bits per heavy atom. The first-order chi connectivity index (χ1) is 14.6. The lowest BCUT2D eigenvalue weighted by molar-refractivity contribution is 0.0425. The maximum absolute atomic E-state index is 15.0. The molecule has 166 valence electrons. The predicted octanol–water partition coefficient (Wildman–Crippen LogP) is 4.09. The van der Waals surface area contributed by atoms with Crippen molar-refractivity contribution in [1.29, 1.82) is 0 Å². The van der Waals surface area contributed by atoms with E-state index in [0.29, 0.717) is 12.3 Å². The molecule has 3 unspecified atom stereocenters. The molecule has 30 heavy (non-hydrogen) atoms. The highest BCUT2D eigenvalue weighted by Gasteiger charge is 2.34. The van der Waals surface area contributed by atoms with E-state index in [-0.39, 0.29) is 24.0 Å². The van der Waals surface area contributed by atoms with Crippen LogP contribution in [0.15, 0.2) is 46.9 Å². The second-order valence-electron chi connectivity index (χ2n) is 9.35. The van der Waals surface area contributed by atoms with Gasteiger partial charge < -0.3 is 20.3 Å². The quantitative estimate of drug-likeness (QED) is 0.626. The third-order valence-corrected chi connectivity index (χ3v) is 7.03. The van der Waals surface area contributed by atoms with Crippen molar-refractivity contribution < 1.29 is 9.13 Å². The van der Waals surface area contributed by atoms with Gasteiger partial charge in [0.25, 0.3) is 0 Å². The van der Waals surface area contributed by atoms with E-state index in [2.05, 4.69) is 53.9 Å². The molecule has 4 rings (SSSR count). The van der Waals surface area contributed by atoms with Crippen LogP contribution in [0.2, 0.25) is 0 Å². The molecule has 1 heterocycles. The molecule has 0 spiro atoms. The van der Waals surface area contributed by atoms with E-state index in [1.54, 1.807) is 0 Å². The van der Waals surface area contributed by atoms with Crippen molar-refractivity contribution in [3.8, 4) is 0 Å². The van der Waals surface area contributed by atoms with Gasteiger partial charge in [-0.3, -0.25) is 0 Å². The van der Waals surface area contributed by atoms with Crippen molar-refractivity contribution in [3.63, 3.8) is 0 Å². The van der Waals surface area contributed by atoms with Gasteiger partial charge in [-0.1, -0.05) is 24.3 Å². The van der Waals surface area contributed by atoms with E-state index in [1.165, 1.54) is 11.1 Å². The Morgan fingerprint density at radius 3 is 2.77 bits per heavy atom. The van der Waals surface area contributed by atoms with Gasteiger partial charge in [0.05, 0.1) is 24.7 Å². The number of fused-ring (bicyclic) bond motifs is 1. The third kappa shape index (κ3) is 5.13. The van der Waals surface area contributed by atoms with Crippen molar-refractivity contribution in [2.75, 3.05) is 40.3 Å². The monoisotopic (exact) mass is 415 g/mol. The van der Waals surface area contributed by atoms with Crippen LogP contribution in [0.5, 0.6) is 0 Å². The Hall–Kier alpha value is -1.27. The zero-order chi connectivity index (χ0) is 20.9. The fourth-order valence-corrected chi connectivity index (χ4v) is 5.44. The Balaban J connectivity index is 1.48. The lowest BCUT2D eigenvalue weighted by Crippen LogP contribution is -2.41. The summed E-state index contributed by atoms with van der Waals surface area (Å²) in [6, 6.07) is 0. The van der Waals surface area contributed by atoms with Crippen LogP contribution in [0.3, 0.4) is 0 Å². The van der Waals surface area contributed by atoms with Crippen LogP contribution in [0.25, 0.3) is 0 Å². The number of hydrogen-bond acceptors (Lipinski definition) is 4. The van der Waals surface area contributed by atoms with Crippen LogP contribution < -0.4 is 10.6 Å². The Morgan fingerprint density at radius 2 is 1.97 bits per heavy atom. The Kier molecular flexibility index (Phi) is 7.58. The van der Waals surface area contributed by atoms with Gasteiger partial charge in [-0.05, 0) is 75.8 Å². The zero-order valence-electron chi connectivity index (χ0n) is 18.6. The normalized spacial score (nSPS) is 29.9. The molecule has 3 aliphatic carbocycles. The molecule has 1 saturated heterocycles. The molecule has 0 bridgehead atoms. The highest BCUT2D eigenvalue weighted by molar-refractivity contribution is 5.47. The largest absolute Gasteiger partial charge is 0.372 e. The summed E-state index contributed by atoms with van der Waals surface area (Å²) in [6.45, 7) is 3.60. The summed E-state index contributed by atoms with van der Waals surface area (Å²) in [5.41, 5.74) is 3.83. The SMILES string of the molecule is CN(C)CCOC1C=CC2=CCCC=C2C1CCC1=C(F)CCCC1C1NCCN1. The van der Waals surface area contributed by atoms with Crippen LogP contribution >= 0.6 is 0 Å². The van der Waals surface area contributed by atoms with Crippen LogP contribution in [0.4, 0.5) is 4.39 Å². The average Bonchev–Trinajstić information content (AvgIpc) is 3.28. The molecule has 0 aromatic heterocycles. The maximum atomic E-state index is 15.0. The summed E-state index contributed by atoms with van der Waals surface area (Å²) in [4.78, 5) is 2.15. The summed E-state index contributed by atoms with van der Waals surface area (Å²) < 4.78 is 21.3. The molecule has 2 N–H and O–H groups in total. The molecule has 4 aliphatic rings. The molecular formula is C25H38FN3O. The van der Waals surface area contributed by atoms with Gasteiger partial charge in [-0.25, -0.2) is 4.39 Å². The zero-order valence-corrected chi connectivity index (χ0v) is 18.6. The van der Waals surface area contributed by atoms with E-state index in [4.69, 9.17) is 4.74 Å². The molecule has 0 amide bonds. The first-order valence-electron chi connectivity index (χ1n) is 11.8. The van der Waals surface area contributed by atoms with Gasteiger partial charge in [0.15, 0.2) is 0 Å². The van der Waals surface area contributed by atoms with Crippen molar-refractivity contribution in [3.05, 3.63) is 46.9 Å². The minimum absolute atomic E-state index is 0.0832. The van der Waals surface area contributed by atoms with Crippen molar-refractivity contribution in [2.45, 2.75) is 57.2 Å². The summed E-state index contributed by atoms with van der Waals surface area (Å²) in [6.07, 6.45) is 16.2. The Labute approximate surface area is 181 Å². The average molecular weight is 416 g/mol. The van der Waals surface area contributed by atoms with Crippen molar-refractivity contribution >= 4 is 0 Å². The second-order valence-corrected chi connectivity index (χ2v) is 9.35. The number of halogens is 1. The molecule has 4 nitrogen and oxygen atoms in total. The Bertz CT molecular complexity index is 718. The molecular weight excluding hydrogens is 377 g/mol. The van der Waals surface area contributed by atoms with E-state index in [1.807, 2.05) is 0 Å². The molecule has 1 aliphatic heterocycles. The van der Waals surface area contributed by atoms with Gasteiger partial charge in [0, 0.05) is 31.5 Å². The maximum Gasteiger partial charge on any atom is 0.0995 e. The van der Waals surface area contributed by atoms with Gasteiger partial charge in [-0.2, -0.15) is 0 Å². The predicted molar refractivity (Wildman–Crippen MR) is 121 cm³/mol. The smallest absolute Gasteiger partial charge is 0.0995 e. The fourth-order valence-electron chi connectivity index (χ4n) is 5.44. The van der Waals surface area contributed by atoms with Crippen LogP contribution in [-0.2, 0) is 4.74 Å². The minimum Gasteiger partial charge on any atom is -0.372 e. The second kappa shape index (κ2) is 10.4. The minimum atomic E-state index is 0.0832. The third-order valence-electron chi connectivity index (χ3n) is 7.03. The van der Waals surface area contributed by atoms with Crippen molar-refractivity contribution in [1.82, 2.24) is 15.5 Å². The van der Waals surface area contributed by atoms with Crippen LogP contribution in [0.1, 0.15) is 44.9 Å². The summed E-state index contributed by atoms with van der Waals surface area (Å²) in [7, 11) is 4.15. The highest BCUT2D eigenvalue weighted by Crippen LogP contribution is 2.41. The number of allylic oxidation sites excluding steroid dienone is 5. The lowest BCUT2D eigenvalue weighted by atomic mass is 9.75. The number of likely N-dealkylation sites (N-methyl/N-ethyl adjacent to an activating group) is 1. The topological polar surface area (TPSA) is 36.5 Å². The van der Waals surface area contributed by atoms with E-state index in [0.717, 1.165) is 70.3 Å². The van der Waals surface area contributed by atoms with Crippen molar-refractivity contribution in [2.24, 2.45) is 11.8 Å². The summed E-state index contributed by atoms with van der Waals surface area (Å²) in [5, 5.41) is 7.07. The number of rotatable bonds is 8. The number of nitrogens with one attached hydrogen (secondary N) is 2. The summed E-state index contributed by atoms with van der Waals surface area (Å²) in [5.74, 6) is 0.742. The molecule has 0 aromatic rings. The first kappa shape index (κ1) is 21.9. The van der Waals surface area contributed by atoms with Gasteiger partial charge in [0.1, 0.15) is 0 Å². The van der Waals surface area contributed by atoms with E-state index < -0.39 is 0 Å². The first-order valence-corrected chi connectivity index (χ1v) is 11.8. The number of ether oxygens (including phenoxy) is 1. The van der Waals surface area contributed by atoms with E-state index in [9.17, 15) is 4.39 Å². The summed E-state index contributed by atoms with van der Waals surface area (Å²) >= 11 is 0. The van der Waals surface area contributed by atoms with Gasteiger partial charge in [-0.15, -0.1) is 0 Å². The van der Waals surface area contributed by atoms with Gasteiger partial charge >= 0.3 is 0 Å². The molecule has 3 atom stereocenters. The van der Waals surface area contributed by atoms with E-state index >= 15 is 0 Å². The highest BCUT2D eigenvalue weighted by atomic mass is 19.1. The van der Waals surface area contributed by atoms with Crippen LogP contribution in [0, 0.1) is 11.8 Å². The molecule has 1 fully saturated rings. The molecule has 0 aromatic carbocycles. The van der Waals surface area contributed by atoms with Gasteiger partial charge in [0.2, 0.25) is 0 Å². The van der Waals surface area contributed by atoms with Crippen LogP contribution in [-0.4, -0.2) is 57.5 Å². The number of hydrogen-bond donors (Lipinski definition) is 2. The molecule has 0 radical (unpaired) electrons.